The first-order chi connectivity index (χ1) is 18.2. The number of anilines is 3. The maximum absolute atomic E-state index is 9.14. The minimum absolute atomic E-state index is 0.132. The molecule has 0 saturated carbocycles. The summed E-state index contributed by atoms with van der Waals surface area (Å²) in [5.74, 6) is 2.50. The second-order valence-corrected chi connectivity index (χ2v) is 10.5. The van der Waals surface area contributed by atoms with Crippen LogP contribution in [0, 0.1) is 0 Å². The molecule has 0 amide bonds. The highest BCUT2D eigenvalue weighted by atomic mass is 32.2. The van der Waals surface area contributed by atoms with Gasteiger partial charge in [0.1, 0.15) is 5.82 Å². The van der Waals surface area contributed by atoms with Crippen LogP contribution in [0.2, 0.25) is 0 Å². The van der Waals surface area contributed by atoms with Crippen molar-refractivity contribution in [1.29, 1.82) is 0 Å². The Labute approximate surface area is 222 Å². The molecule has 1 saturated heterocycles. The zero-order valence-electron chi connectivity index (χ0n) is 21.4. The van der Waals surface area contributed by atoms with Crippen LogP contribution in [0.15, 0.2) is 40.9 Å². The van der Waals surface area contributed by atoms with E-state index in [-0.39, 0.29) is 6.61 Å². The molecule has 3 aliphatic heterocycles. The molecule has 0 spiro atoms. The molecule has 37 heavy (non-hydrogen) atoms. The molecule has 3 aromatic rings. The molecule has 198 valence electrons. The molecule has 3 aliphatic rings. The number of nitrogens with one attached hydrogen (secondary N) is 1. The van der Waals surface area contributed by atoms with Gasteiger partial charge in [0.25, 0.3) is 0 Å². The van der Waals surface area contributed by atoms with Gasteiger partial charge in [0.05, 0.1) is 24.0 Å². The fourth-order valence-corrected chi connectivity index (χ4v) is 5.35. The van der Waals surface area contributed by atoms with E-state index >= 15 is 0 Å². The fourth-order valence-electron chi connectivity index (χ4n) is 4.86. The Morgan fingerprint density at radius 3 is 2.73 bits per heavy atom. The second-order valence-electron chi connectivity index (χ2n) is 9.61. The molecule has 5 heterocycles. The van der Waals surface area contributed by atoms with E-state index < -0.39 is 0 Å². The lowest BCUT2D eigenvalue weighted by molar-refractivity contribution is 0.0348. The van der Waals surface area contributed by atoms with Crippen LogP contribution < -0.4 is 14.5 Å². The lowest BCUT2D eigenvalue weighted by Gasteiger charge is -2.34. The third-order valence-corrected chi connectivity index (χ3v) is 7.71. The fraction of sp³-hybridized carbons (Fsp3) is 0.519. The molecule has 6 rings (SSSR count). The van der Waals surface area contributed by atoms with Gasteiger partial charge in [-0.2, -0.15) is 0 Å². The van der Waals surface area contributed by atoms with E-state index in [1.807, 2.05) is 24.3 Å². The van der Waals surface area contributed by atoms with Crippen LogP contribution in [0.1, 0.15) is 38.5 Å². The van der Waals surface area contributed by atoms with Gasteiger partial charge in [-0.1, -0.05) is 24.8 Å². The first kappa shape index (κ1) is 25.8. The molecule has 1 aromatic carbocycles. The molecule has 10 heteroatoms. The molecule has 0 aliphatic carbocycles. The Morgan fingerprint density at radius 1 is 1.03 bits per heavy atom. The number of aliphatic hydroxyl groups excluding tert-OH is 1. The summed E-state index contributed by atoms with van der Waals surface area (Å²) in [6.07, 6.45) is 8.70. The van der Waals surface area contributed by atoms with Gasteiger partial charge >= 0.3 is 0 Å². The number of hydrogen-bond donors (Lipinski definition) is 2. The van der Waals surface area contributed by atoms with Crippen molar-refractivity contribution in [3.8, 4) is 22.9 Å². The van der Waals surface area contributed by atoms with Crippen LogP contribution in [-0.2, 0) is 4.74 Å². The molecule has 9 nitrogen and oxygen atoms in total. The number of hydrogen-bond acceptors (Lipinski definition) is 10. The normalized spacial score (nSPS) is 17.5. The third-order valence-electron chi connectivity index (χ3n) is 6.94. The van der Waals surface area contributed by atoms with E-state index in [0.717, 1.165) is 80.2 Å². The van der Waals surface area contributed by atoms with Crippen molar-refractivity contribution >= 4 is 29.1 Å². The zero-order chi connectivity index (χ0) is 25.5. The number of ether oxygens (including phenoxy) is 1. The van der Waals surface area contributed by atoms with Crippen molar-refractivity contribution in [2.75, 3.05) is 60.2 Å². The smallest absolute Gasteiger partial charge is 0.250 e. The summed E-state index contributed by atoms with van der Waals surface area (Å²) in [7, 11) is 2.08. The van der Waals surface area contributed by atoms with E-state index in [0.29, 0.717) is 23.6 Å². The molecular weight excluding hydrogens is 488 g/mol. The number of aromatic nitrogens is 3. The minimum atomic E-state index is 0.132. The lowest BCUT2D eigenvalue weighted by Crippen LogP contribution is -2.37. The first-order valence-corrected chi connectivity index (χ1v) is 14.2. The van der Waals surface area contributed by atoms with Gasteiger partial charge < -0.3 is 28.8 Å². The summed E-state index contributed by atoms with van der Waals surface area (Å²) in [5.41, 5.74) is 3.82. The number of piperidine rings is 1. The summed E-state index contributed by atoms with van der Waals surface area (Å²) in [6, 6.07) is 10.1. The molecule has 0 unspecified atom stereocenters. The molecule has 6 bridgehead atoms. The first-order valence-electron chi connectivity index (χ1n) is 13.2. The van der Waals surface area contributed by atoms with E-state index in [1.165, 1.54) is 24.8 Å². The van der Waals surface area contributed by atoms with Crippen molar-refractivity contribution in [3.05, 3.63) is 36.5 Å². The van der Waals surface area contributed by atoms with Crippen molar-refractivity contribution in [1.82, 2.24) is 15.2 Å². The second kappa shape index (κ2) is 12.6. The summed E-state index contributed by atoms with van der Waals surface area (Å²) >= 11 is 1.49. The minimum Gasteiger partial charge on any atom is -0.416 e. The van der Waals surface area contributed by atoms with Gasteiger partial charge in [0.15, 0.2) is 0 Å². The zero-order valence-corrected chi connectivity index (χ0v) is 22.3. The van der Waals surface area contributed by atoms with Crippen LogP contribution in [0.5, 0.6) is 0 Å². The maximum Gasteiger partial charge on any atom is 0.250 e. The standard InChI is InChI=1S/C27H36N6O3S/c1-32-12-4-2-3-5-16-35-22-9-13-33(14-10-22)24-19-21(31-37-17-15-34)6-7-23(24)27-30-29-26(36-27)20-8-11-28-25(32)18-20/h6-8,11,18-19,22,31,34H,2-5,9-10,12-17H2,1H3. The highest BCUT2D eigenvalue weighted by molar-refractivity contribution is 8.00. The Kier molecular flexibility index (Phi) is 8.80. The van der Waals surface area contributed by atoms with Crippen LogP contribution >= 0.6 is 11.9 Å². The Balaban J connectivity index is 1.47. The molecule has 1 fully saturated rings. The number of benzene rings is 1. The van der Waals surface area contributed by atoms with Crippen LogP contribution in [0.25, 0.3) is 22.9 Å². The van der Waals surface area contributed by atoms with Crippen molar-refractivity contribution in [2.24, 2.45) is 0 Å². The van der Waals surface area contributed by atoms with Gasteiger partial charge in [-0.15, -0.1) is 10.2 Å². The highest BCUT2D eigenvalue weighted by Crippen LogP contribution is 2.36. The van der Waals surface area contributed by atoms with Crippen LogP contribution in [-0.4, -0.2) is 72.0 Å². The quantitative estimate of drug-likeness (QED) is 0.364. The number of rotatable bonds is 4. The van der Waals surface area contributed by atoms with Crippen molar-refractivity contribution in [2.45, 2.75) is 44.6 Å². The molecular formula is C27H36N6O3S. The molecule has 2 N–H and O–H groups in total. The highest BCUT2D eigenvalue weighted by Gasteiger charge is 2.24. The Morgan fingerprint density at radius 2 is 1.86 bits per heavy atom. The summed E-state index contributed by atoms with van der Waals surface area (Å²) < 4.78 is 15.8. The van der Waals surface area contributed by atoms with E-state index in [4.69, 9.17) is 14.3 Å². The number of nitrogens with zero attached hydrogens (tertiary/aromatic N) is 5. The topological polar surface area (TPSA) is 99.8 Å². The summed E-state index contributed by atoms with van der Waals surface area (Å²) in [4.78, 5) is 9.12. The largest absolute Gasteiger partial charge is 0.416 e. The number of aliphatic hydroxyl groups is 1. The number of fused-ring (bicyclic) bond motifs is 9. The number of pyridine rings is 1. The maximum atomic E-state index is 9.14. The van der Waals surface area contributed by atoms with Gasteiger partial charge in [-0.3, -0.25) is 0 Å². The molecule has 0 radical (unpaired) electrons. The van der Waals surface area contributed by atoms with Gasteiger partial charge in [-0.05, 0) is 56.0 Å². The average molecular weight is 525 g/mol. The third kappa shape index (κ3) is 6.55. The lowest BCUT2D eigenvalue weighted by atomic mass is 10.0. The predicted molar refractivity (Wildman–Crippen MR) is 149 cm³/mol. The van der Waals surface area contributed by atoms with Crippen molar-refractivity contribution < 1.29 is 14.3 Å². The van der Waals surface area contributed by atoms with E-state index in [2.05, 4.69) is 42.8 Å². The monoisotopic (exact) mass is 524 g/mol. The van der Waals surface area contributed by atoms with E-state index in [9.17, 15) is 0 Å². The summed E-state index contributed by atoms with van der Waals surface area (Å²) in [5, 5.41) is 18.0. The van der Waals surface area contributed by atoms with Crippen LogP contribution in [0.4, 0.5) is 17.2 Å². The average Bonchev–Trinajstić information content (AvgIpc) is 3.43. The molecule has 2 aromatic heterocycles. The Bertz CT molecular complexity index is 1150. The van der Waals surface area contributed by atoms with Crippen LogP contribution in [0.3, 0.4) is 0 Å². The summed E-state index contributed by atoms with van der Waals surface area (Å²) in [6.45, 7) is 3.73. The van der Waals surface area contributed by atoms with Gasteiger partial charge in [0.2, 0.25) is 11.8 Å². The van der Waals surface area contributed by atoms with E-state index in [1.54, 1.807) is 6.20 Å². The Hall–Kier alpha value is -2.82. The predicted octanol–water partition coefficient (Wildman–Crippen LogP) is 4.85. The van der Waals surface area contributed by atoms with Gasteiger partial charge in [-0.25, -0.2) is 4.98 Å². The van der Waals surface area contributed by atoms with Gasteiger partial charge in [0, 0.05) is 56.5 Å². The molecule has 0 atom stereocenters. The van der Waals surface area contributed by atoms with Crippen molar-refractivity contribution in [3.63, 3.8) is 0 Å². The SMILES string of the molecule is CN1CCCCCCOC2CCN(CC2)c2cc(NSCCO)ccc2-c2nnc(o2)-c2ccnc1c2.